The molecule has 2 rings (SSSR count). The number of hydrogen-bond donors (Lipinski definition) is 2. The first-order valence-electron chi connectivity index (χ1n) is 5.18. The number of nitrogens with zero attached hydrogens (tertiary/aromatic N) is 3. The van der Waals surface area contributed by atoms with Crippen molar-refractivity contribution in [3.8, 4) is 0 Å². The summed E-state index contributed by atoms with van der Waals surface area (Å²) in [4.78, 5) is 15.3. The lowest BCUT2D eigenvalue weighted by Crippen LogP contribution is -2.35. The van der Waals surface area contributed by atoms with E-state index in [-0.39, 0.29) is 18.4 Å². The number of carbonyl (C=O) groups excluding carboxylic acids is 1. The zero-order valence-electron chi connectivity index (χ0n) is 8.52. The highest BCUT2D eigenvalue weighted by molar-refractivity contribution is 5.75. The fourth-order valence-corrected chi connectivity index (χ4v) is 1.88. The van der Waals surface area contributed by atoms with Gasteiger partial charge in [-0.1, -0.05) is 12.8 Å². The van der Waals surface area contributed by atoms with Crippen molar-refractivity contribution in [3.63, 3.8) is 0 Å². The third kappa shape index (κ3) is 2.68. The summed E-state index contributed by atoms with van der Waals surface area (Å²) in [5.41, 5.74) is 5.34. The molecule has 0 aromatic carbocycles. The van der Waals surface area contributed by atoms with Gasteiger partial charge in [0, 0.05) is 6.04 Å². The lowest BCUT2D eigenvalue weighted by Gasteiger charge is -2.11. The third-order valence-corrected chi connectivity index (χ3v) is 2.58. The van der Waals surface area contributed by atoms with E-state index < -0.39 is 0 Å². The Hall–Kier alpha value is -1.59. The highest BCUT2D eigenvalue weighted by Gasteiger charge is 2.17. The van der Waals surface area contributed by atoms with Gasteiger partial charge in [0.05, 0.1) is 0 Å². The molecule has 0 spiro atoms. The van der Waals surface area contributed by atoms with Crippen molar-refractivity contribution in [2.45, 2.75) is 38.3 Å². The number of rotatable bonds is 3. The van der Waals surface area contributed by atoms with Gasteiger partial charge in [0.2, 0.25) is 11.9 Å². The van der Waals surface area contributed by atoms with Crippen molar-refractivity contribution in [2.24, 2.45) is 0 Å². The number of anilines is 1. The first kappa shape index (κ1) is 9.95. The fourth-order valence-electron chi connectivity index (χ4n) is 1.88. The normalized spacial score (nSPS) is 16.8. The average molecular weight is 209 g/mol. The van der Waals surface area contributed by atoms with Crippen LogP contribution < -0.4 is 11.1 Å². The Kier molecular flexibility index (Phi) is 2.84. The summed E-state index contributed by atoms with van der Waals surface area (Å²) in [5, 5.41) is 6.82. The van der Waals surface area contributed by atoms with E-state index in [1.54, 1.807) is 0 Å². The van der Waals surface area contributed by atoms with Crippen LogP contribution in [-0.4, -0.2) is 26.7 Å². The second-order valence-electron chi connectivity index (χ2n) is 3.85. The van der Waals surface area contributed by atoms with Crippen LogP contribution in [-0.2, 0) is 11.3 Å². The van der Waals surface area contributed by atoms with Crippen LogP contribution in [0.15, 0.2) is 6.33 Å². The summed E-state index contributed by atoms with van der Waals surface area (Å²) >= 11 is 0. The van der Waals surface area contributed by atoms with Crippen molar-refractivity contribution in [1.29, 1.82) is 0 Å². The second-order valence-corrected chi connectivity index (χ2v) is 3.85. The van der Waals surface area contributed by atoms with Crippen LogP contribution in [0.2, 0.25) is 0 Å². The third-order valence-electron chi connectivity index (χ3n) is 2.58. The highest BCUT2D eigenvalue weighted by Crippen LogP contribution is 2.17. The molecule has 1 fully saturated rings. The summed E-state index contributed by atoms with van der Waals surface area (Å²) in [7, 11) is 0. The summed E-state index contributed by atoms with van der Waals surface area (Å²) in [6.07, 6.45) is 6.06. The lowest BCUT2D eigenvalue weighted by atomic mass is 10.2. The zero-order valence-corrected chi connectivity index (χ0v) is 8.52. The molecule has 1 heterocycles. The number of carbonyl (C=O) groups is 1. The van der Waals surface area contributed by atoms with Crippen LogP contribution >= 0.6 is 0 Å². The van der Waals surface area contributed by atoms with Crippen LogP contribution in [0.5, 0.6) is 0 Å². The molecule has 1 aromatic rings. The van der Waals surface area contributed by atoms with Gasteiger partial charge in [0.1, 0.15) is 12.9 Å². The van der Waals surface area contributed by atoms with Crippen molar-refractivity contribution in [3.05, 3.63) is 6.33 Å². The highest BCUT2D eigenvalue weighted by atomic mass is 16.2. The van der Waals surface area contributed by atoms with Crippen molar-refractivity contribution in [2.75, 3.05) is 5.73 Å². The molecule has 0 saturated heterocycles. The Balaban J connectivity index is 1.81. The van der Waals surface area contributed by atoms with E-state index in [1.165, 1.54) is 23.9 Å². The molecular formula is C9H15N5O. The quantitative estimate of drug-likeness (QED) is 0.729. The van der Waals surface area contributed by atoms with E-state index in [1.807, 2.05) is 0 Å². The van der Waals surface area contributed by atoms with Crippen molar-refractivity contribution >= 4 is 11.9 Å². The number of nitrogens with one attached hydrogen (secondary N) is 1. The molecule has 1 saturated carbocycles. The lowest BCUT2D eigenvalue weighted by molar-refractivity contribution is -0.122. The Labute approximate surface area is 87.9 Å². The standard InChI is InChI=1S/C9H15N5O/c10-9-11-6-14(13-9)5-8(15)12-7-3-1-2-4-7/h6-7H,1-5H2,(H2,10,13)(H,12,15). The van der Waals surface area contributed by atoms with E-state index >= 15 is 0 Å². The van der Waals surface area contributed by atoms with E-state index in [4.69, 9.17) is 5.73 Å². The maximum absolute atomic E-state index is 11.5. The molecule has 15 heavy (non-hydrogen) atoms. The molecule has 0 unspecified atom stereocenters. The van der Waals surface area contributed by atoms with E-state index in [2.05, 4.69) is 15.4 Å². The SMILES string of the molecule is Nc1ncn(CC(=O)NC2CCCC2)n1. The molecule has 0 atom stereocenters. The molecule has 6 heteroatoms. The van der Waals surface area contributed by atoms with Crippen molar-refractivity contribution in [1.82, 2.24) is 20.1 Å². The van der Waals surface area contributed by atoms with Crippen LogP contribution in [0.1, 0.15) is 25.7 Å². The number of amides is 1. The minimum atomic E-state index is -0.0215. The minimum Gasteiger partial charge on any atom is -0.367 e. The zero-order chi connectivity index (χ0) is 10.7. The fraction of sp³-hybridized carbons (Fsp3) is 0.667. The van der Waals surface area contributed by atoms with Gasteiger partial charge in [-0.2, -0.15) is 0 Å². The number of hydrogen-bond acceptors (Lipinski definition) is 4. The van der Waals surface area contributed by atoms with Gasteiger partial charge in [-0.25, -0.2) is 9.67 Å². The number of nitrogens with two attached hydrogens (primary N) is 1. The molecule has 0 aliphatic heterocycles. The molecule has 0 bridgehead atoms. The first-order chi connectivity index (χ1) is 7.24. The average Bonchev–Trinajstić information content (AvgIpc) is 2.77. The first-order valence-corrected chi connectivity index (χ1v) is 5.18. The molecule has 82 valence electrons. The van der Waals surface area contributed by atoms with Gasteiger partial charge in [0.25, 0.3) is 0 Å². The summed E-state index contributed by atoms with van der Waals surface area (Å²) < 4.78 is 1.44. The predicted molar refractivity (Wildman–Crippen MR) is 54.8 cm³/mol. The number of aromatic nitrogens is 3. The van der Waals surface area contributed by atoms with Gasteiger partial charge in [-0.15, -0.1) is 5.10 Å². The Morgan fingerprint density at radius 2 is 2.33 bits per heavy atom. The van der Waals surface area contributed by atoms with Crippen LogP contribution in [0, 0.1) is 0 Å². The van der Waals surface area contributed by atoms with Crippen LogP contribution in [0.3, 0.4) is 0 Å². The molecule has 0 radical (unpaired) electrons. The molecule has 1 aliphatic carbocycles. The van der Waals surface area contributed by atoms with E-state index in [0.717, 1.165) is 12.8 Å². The monoisotopic (exact) mass is 209 g/mol. The van der Waals surface area contributed by atoms with Gasteiger partial charge in [-0.3, -0.25) is 4.79 Å². The van der Waals surface area contributed by atoms with Gasteiger partial charge < -0.3 is 11.1 Å². The summed E-state index contributed by atoms with van der Waals surface area (Å²) in [6, 6.07) is 0.346. The summed E-state index contributed by atoms with van der Waals surface area (Å²) in [6.45, 7) is 0.195. The predicted octanol–water partition coefficient (Wildman–Crippen LogP) is -0.0809. The van der Waals surface area contributed by atoms with Gasteiger partial charge in [-0.05, 0) is 12.8 Å². The van der Waals surface area contributed by atoms with Gasteiger partial charge in [0.15, 0.2) is 0 Å². The van der Waals surface area contributed by atoms with Gasteiger partial charge >= 0.3 is 0 Å². The van der Waals surface area contributed by atoms with Crippen LogP contribution in [0.4, 0.5) is 5.95 Å². The Morgan fingerprint density at radius 1 is 1.60 bits per heavy atom. The maximum Gasteiger partial charge on any atom is 0.242 e. The molecule has 1 aromatic heterocycles. The Morgan fingerprint density at radius 3 is 2.93 bits per heavy atom. The minimum absolute atomic E-state index is 0.0215. The van der Waals surface area contributed by atoms with E-state index in [0.29, 0.717) is 6.04 Å². The second kappa shape index (κ2) is 4.29. The van der Waals surface area contributed by atoms with Crippen LogP contribution in [0.25, 0.3) is 0 Å². The molecule has 1 aliphatic rings. The molecular weight excluding hydrogens is 194 g/mol. The molecule has 3 N–H and O–H groups in total. The Bertz CT molecular complexity index is 342. The van der Waals surface area contributed by atoms with Crippen molar-refractivity contribution < 1.29 is 4.79 Å². The summed E-state index contributed by atoms with van der Waals surface area (Å²) in [5.74, 6) is 0.176. The maximum atomic E-state index is 11.5. The molecule has 6 nitrogen and oxygen atoms in total. The topological polar surface area (TPSA) is 85.8 Å². The van der Waals surface area contributed by atoms with E-state index in [9.17, 15) is 4.79 Å². The number of nitrogen functional groups attached to an aromatic ring is 1. The smallest absolute Gasteiger partial charge is 0.242 e. The largest absolute Gasteiger partial charge is 0.367 e. The molecule has 1 amide bonds.